The topological polar surface area (TPSA) is 80.0 Å². The number of aromatic nitrogens is 2. The van der Waals surface area contributed by atoms with Crippen LogP contribution in [0.4, 0.5) is 10.8 Å². The number of aryl methyl sites for hydroxylation is 2. The first-order chi connectivity index (χ1) is 14.1. The quantitative estimate of drug-likeness (QED) is 0.462. The van der Waals surface area contributed by atoms with Gasteiger partial charge in [0.2, 0.25) is 0 Å². The van der Waals surface area contributed by atoms with Crippen molar-refractivity contribution in [2.24, 2.45) is 0 Å². The molecule has 0 spiro atoms. The first kappa shape index (κ1) is 18.9. The van der Waals surface area contributed by atoms with Crippen molar-refractivity contribution < 1.29 is 9.21 Å². The molecule has 0 aliphatic heterocycles. The number of nitrogens with zero attached hydrogens (tertiary/aromatic N) is 2. The summed E-state index contributed by atoms with van der Waals surface area (Å²) < 4.78 is 5.22. The molecule has 29 heavy (non-hydrogen) atoms. The molecule has 4 heterocycles. The highest BCUT2D eigenvalue weighted by molar-refractivity contribution is 7.16. The van der Waals surface area contributed by atoms with E-state index in [1.807, 2.05) is 44.2 Å². The molecule has 7 heteroatoms. The molecule has 0 aliphatic rings. The summed E-state index contributed by atoms with van der Waals surface area (Å²) in [6.07, 6.45) is 5.01. The van der Waals surface area contributed by atoms with Crippen molar-refractivity contribution >= 4 is 28.1 Å². The molecule has 4 aromatic heterocycles. The monoisotopic (exact) mass is 404 g/mol. The zero-order valence-corrected chi connectivity index (χ0v) is 16.9. The van der Waals surface area contributed by atoms with Crippen molar-refractivity contribution in [3.8, 4) is 0 Å². The van der Waals surface area contributed by atoms with Crippen LogP contribution in [0, 0.1) is 13.8 Å². The third kappa shape index (κ3) is 4.35. The molecule has 1 atom stereocenters. The van der Waals surface area contributed by atoms with Gasteiger partial charge in [-0.3, -0.25) is 9.78 Å². The zero-order chi connectivity index (χ0) is 20.2. The van der Waals surface area contributed by atoms with Gasteiger partial charge in [0.1, 0.15) is 10.8 Å². The molecule has 2 N–H and O–H groups in total. The van der Waals surface area contributed by atoms with E-state index in [0.717, 1.165) is 32.5 Å². The van der Waals surface area contributed by atoms with Gasteiger partial charge in [0.25, 0.3) is 5.91 Å². The molecule has 4 rings (SSSR count). The van der Waals surface area contributed by atoms with Crippen LogP contribution in [0.5, 0.6) is 0 Å². The van der Waals surface area contributed by atoms with Crippen LogP contribution in [0.2, 0.25) is 0 Å². The average molecular weight is 404 g/mol. The molecule has 0 bridgehead atoms. The summed E-state index contributed by atoms with van der Waals surface area (Å²) in [5, 5.41) is 7.20. The normalized spacial score (nSPS) is 11.8. The molecule has 0 saturated carbocycles. The van der Waals surface area contributed by atoms with Gasteiger partial charge in [-0.25, -0.2) is 4.98 Å². The van der Waals surface area contributed by atoms with E-state index in [1.165, 1.54) is 17.6 Å². The number of carbonyl (C=O) groups excluding carboxylic acids is 1. The molecule has 4 aromatic rings. The van der Waals surface area contributed by atoms with Crippen LogP contribution < -0.4 is 10.6 Å². The van der Waals surface area contributed by atoms with Crippen LogP contribution in [0.3, 0.4) is 0 Å². The molecule has 6 nitrogen and oxygen atoms in total. The second-order valence-electron chi connectivity index (χ2n) is 6.62. The van der Waals surface area contributed by atoms with E-state index in [4.69, 9.17) is 4.42 Å². The van der Waals surface area contributed by atoms with Gasteiger partial charge >= 0.3 is 0 Å². The molecule has 0 aliphatic carbocycles. The minimum atomic E-state index is -0.286. The maximum absolute atomic E-state index is 12.6. The summed E-state index contributed by atoms with van der Waals surface area (Å²) in [6, 6.07) is 14.8. The Morgan fingerprint density at radius 1 is 1.07 bits per heavy atom. The van der Waals surface area contributed by atoms with Crippen LogP contribution in [-0.2, 0) is 0 Å². The summed E-state index contributed by atoms with van der Waals surface area (Å²) in [5.74, 6) is 0.726. The fraction of sp³-hybridized carbons (Fsp3) is 0.136. The van der Waals surface area contributed by atoms with Gasteiger partial charge in [-0.15, -0.1) is 11.3 Å². The third-order valence-electron chi connectivity index (χ3n) is 4.36. The fourth-order valence-corrected chi connectivity index (χ4v) is 3.99. The van der Waals surface area contributed by atoms with E-state index in [2.05, 4.69) is 26.7 Å². The number of furan rings is 1. The summed E-state index contributed by atoms with van der Waals surface area (Å²) >= 11 is 1.51. The SMILES string of the molecule is Cc1ccnc(N[C@H](c2ccccn2)c2cc(C)sc2NC(=O)c2ccco2)c1. The predicted octanol–water partition coefficient (Wildman–Crippen LogP) is 5.20. The van der Waals surface area contributed by atoms with Gasteiger partial charge in [-0.05, 0) is 61.9 Å². The molecule has 0 unspecified atom stereocenters. The highest BCUT2D eigenvalue weighted by atomic mass is 32.1. The van der Waals surface area contributed by atoms with E-state index in [9.17, 15) is 4.79 Å². The van der Waals surface area contributed by atoms with Crippen LogP contribution in [0.25, 0.3) is 0 Å². The first-order valence-electron chi connectivity index (χ1n) is 9.15. The number of amides is 1. The Morgan fingerprint density at radius 3 is 2.69 bits per heavy atom. The Bertz CT molecular complexity index is 1110. The number of hydrogen-bond donors (Lipinski definition) is 2. The predicted molar refractivity (Wildman–Crippen MR) is 114 cm³/mol. The summed E-state index contributed by atoms with van der Waals surface area (Å²) in [5.41, 5.74) is 2.87. The summed E-state index contributed by atoms with van der Waals surface area (Å²) in [4.78, 5) is 22.6. The van der Waals surface area contributed by atoms with Gasteiger partial charge in [0, 0.05) is 22.8 Å². The highest BCUT2D eigenvalue weighted by Crippen LogP contribution is 2.37. The number of nitrogens with one attached hydrogen (secondary N) is 2. The van der Waals surface area contributed by atoms with Crippen LogP contribution in [0.15, 0.2) is 71.6 Å². The Kier molecular flexibility index (Phi) is 5.39. The fourth-order valence-electron chi connectivity index (χ4n) is 3.04. The van der Waals surface area contributed by atoms with E-state index < -0.39 is 0 Å². The lowest BCUT2D eigenvalue weighted by Crippen LogP contribution is -2.17. The minimum absolute atomic E-state index is 0.268. The molecule has 0 fully saturated rings. The number of pyridine rings is 2. The summed E-state index contributed by atoms with van der Waals surface area (Å²) in [7, 11) is 0. The average Bonchev–Trinajstić information content (AvgIpc) is 3.37. The van der Waals surface area contributed by atoms with Gasteiger partial charge in [0.15, 0.2) is 5.76 Å². The Hall–Kier alpha value is -3.45. The second-order valence-corrected chi connectivity index (χ2v) is 7.88. The zero-order valence-electron chi connectivity index (χ0n) is 16.0. The van der Waals surface area contributed by atoms with Crippen molar-refractivity contribution in [1.82, 2.24) is 9.97 Å². The number of carbonyl (C=O) groups is 1. The van der Waals surface area contributed by atoms with Crippen molar-refractivity contribution in [2.45, 2.75) is 19.9 Å². The lowest BCUT2D eigenvalue weighted by Gasteiger charge is -2.20. The lowest BCUT2D eigenvalue weighted by molar-refractivity contribution is 0.0997. The van der Waals surface area contributed by atoms with Crippen LogP contribution in [-0.4, -0.2) is 15.9 Å². The minimum Gasteiger partial charge on any atom is -0.459 e. The van der Waals surface area contributed by atoms with Crippen molar-refractivity contribution in [2.75, 3.05) is 10.6 Å². The summed E-state index contributed by atoms with van der Waals surface area (Å²) in [6.45, 7) is 4.03. The smallest absolute Gasteiger partial charge is 0.291 e. The second kappa shape index (κ2) is 8.28. The number of anilines is 2. The van der Waals surface area contributed by atoms with Crippen molar-refractivity contribution in [3.05, 3.63) is 94.6 Å². The number of rotatable bonds is 6. The van der Waals surface area contributed by atoms with E-state index in [-0.39, 0.29) is 17.7 Å². The molecule has 1 amide bonds. The van der Waals surface area contributed by atoms with E-state index in [1.54, 1.807) is 24.5 Å². The van der Waals surface area contributed by atoms with Gasteiger partial charge in [0.05, 0.1) is 18.0 Å². The Labute approximate surface area is 172 Å². The third-order valence-corrected chi connectivity index (χ3v) is 5.34. The molecular weight excluding hydrogens is 384 g/mol. The molecule has 0 radical (unpaired) electrons. The maximum Gasteiger partial charge on any atom is 0.291 e. The van der Waals surface area contributed by atoms with Crippen LogP contribution in [0.1, 0.15) is 38.3 Å². The molecular formula is C22H20N4O2S. The largest absolute Gasteiger partial charge is 0.459 e. The van der Waals surface area contributed by atoms with Crippen LogP contribution >= 0.6 is 11.3 Å². The maximum atomic E-state index is 12.6. The Morgan fingerprint density at radius 2 is 1.97 bits per heavy atom. The molecule has 146 valence electrons. The van der Waals surface area contributed by atoms with Crippen molar-refractivity contribution in [1.29, 1.82) is 0 Å². The Balaban J connectivity index is 1.72. The first-order valence-corrected chi connectivity index (χ1v) is 9.97. The number of hydrogen-bond acceptors (Lipinski definition) is 6. The lowest BCUT2D eigenvalue weighted by atomic mass is 10.0. The molecule has 0 aromatic carbocycles. The van der Waals surface area contributed by atoms with Gasteiger partial charge < -0.3 is 15.1 Å². The van der Waals surface area contributed by atoms with E-state index >= 15 is 0 Å². The highest BCUT2D eigenvalue weighted by Gasteiger charge is 2.23. The van der Waals surface area contributed by atoms with E-state index in [0.29, 0.717) is 0 Å². The van der Waals surface area contributed by atoms with Gasteiger partial charge in [-0.1, -0.05) is 6.07 Å². The molecule has 0 saturated heterocycles. The van der Waals surface area contributed by atoms with Crippen molar-refractivity contribution in [3.63, 3.8) is 0 Å². The standard InChI is InChI=1S/C22H20N4O2S/c1-14-8-10-24-19(12-14)25-20(17-6-3-4-9-23-17)16-13-15(2)29-22(16)26-21(27)18-7-5-11-28-18/h3-13,20H,1-2H3,(H,24,25)(H,26,27)/t20-/m0/s1. The van der Waals surface area contributed by atoms with Gasteiger partial charge in [-0.2, -0.15) is 0 Å². The number of thiophene rings is 1.